The molecule has 0 spiro atoms. The van der Waals surface area contributed by atoms with Crippen molar-refractivity contribution in [2.24, 2.45) is 0 Å². The van der Waals surface area contributed by atoms with Crippen molar-refractivity contribution in [1.29, 1.82) is 0 Å². The summed E-state index contributed by atoms with van der Waals surface area (Å²) in [6.07, 6.45) is 5.73. The second-order valence-electron chi connectivity index (χ2n) is 9.42. The van der Waals surface area contributed by atoms with Gasteiger partial charge in [-0.1, -0.05) is 48.7 Å². The van der Waals surface area contributed by atoms with E-state index in [4.69, 9.17) is 11.6 Å². The fourth-order valence-corrected chi connectivity index (χ4v) is 5.35. The maximum Gasteiger partial charge on any atom is 0.251 e. The molecular formula is C28H32ClN5O3S. The minimum atomic E-state index is -0.796. The molecular weight excluding hydrogens is 522 g/mol. The van der Waals surface area contributed by atoms with E-state index in [9.17, 15) is 14.4 Å². The summed E-state index contributed by atoms with van der Waals surface area (Å²) in [7, 11) is 0. The minimum absolute atomic E-state index is 0.0107. The molecule has 0 radical (unpaired) electrons. The molecule has 4 N–H and O–H groups in total. The molecule has 3 atom stereocenters. The Morgan fingerprint density at radius 2 is 1.89 bits per heavy atom. The quantitative estimate of drug-likeness (QED) is 0.296. The number of carbonyl (C=O) groups excluding carboxylic acids is 3. The molecule has 1 fully saturated rings. The van der Waals surface area contributed by atoms with E-state index in [1.165, 1.54) is 11.3 Å². The van der Waals surface area contributed by atoms with Crippen LogP contribution in [0.4, 0.5) is 5.13 Å². The van der Waals surface area contributed by atoms with Crippen LogP contribution in [-0.2, 0) is 16.1 Å². The van der Waals surface area contributed by atoms with Crippen molar-refractivity contribution in [3.05, 3.63) is 81.8 Å². The van der Waals surface area contributed by atoms with Gasteiger partial charge in [0.05, 0.1) is 6.54 Å². The Kier molecular flexibility index (Phi) is 9.73. The van der Waals surface area contributed by atoms with Crippen LogP contribution in [0.15, 0.2) is 60.1 Å². The summed E-state index contributed by atoms with van der Waals surface area (Å²) >= 11 is 7.69. The number of anilines is 1. The number of aromatic nitrogens is 1. The van der Waals surface area contributed by atoms with Crippen molar-refractivity contribution in [3.63, 3.8) is 0 Å². The summed E-state index contributed by atoms with van der Waals surface area (Å²) in [4.78, 5) is 42.0. The molecule has 2 unspecified atom stereocenters. The van der Waals surface area contributed by atoms with Crippen molar-refractivity contribution < 1.29 is 14.4 Å². The highest BCUT2D eigenvalue weighted by Crippen LogP contribution is 2.34. The molecule has 1 saturated carbocycles. The van der Waals surface area contributed by atoms with Gasteiger partial charge in [0.15, 0.2) is 5.13 Å². The lowest BCUT2D eigenvalue weighted by atomic mass is 9.80. The van der Waals surface area contributed by atoms with Gasteiger partial charge in [0.2, 0.25) is 11.8 Å². The molecule has 1 aromatic heterocycles. The topological polar surface area (TPSA) is 112 Å². The molecule has 10 heteroatoms. The normalized spacial score (nSPS) is 17.7. The van der Waals surface area contributed by atoms with Crippen LogP contribution in [0, 0.1) is 0 Å². The summed E-state index contributed by atoms with van der Waals surface area (Å²) in [6.45, 7) is 2.03. The van der Waals surface area contributed by atoms with E-state index in [0.717, 1.165) is 41.9 Å². The average Bonchev–Trinajstić information content (AvgIpc) is 3.45. The first-order valence-corrected chi connectivity index (χ1v) is 14.0. The summed E-state index contributed by atoms with van der Waals surface area (Å²) in [5.74, 6) is -0.844. The Hall–Kier alpha value is -3.43. The van der Waals surface area contributed by atoms with Gasteiger partial charge in [0, 0.05) is 40.7 Å². The second-order valence-corrected chi connectivity index (χ2v) is 10.8. The maximum atomic E-state index is 12.6. The number of nitrogens with zero attached hydrogens (tertiary/aromatic N) is 1. The molecule has 1 aliphatic rings. The zero-order chi connectivity index (χ0) is 26.9. The molecule has 0 aliphatic heterocycles. The molecule has 0 saturated heterocycles. The van der Waals surface area contributed by atoms with Crippen LogP contribution >= 0.6 is 22.9 Å². The van der Waals surface area contributed by atoms with Gasteiger partial charge in [-0.3, -0.25) is 14.4 Å². The molecule has 200 valence electrons. The van der Waals surface area contributed by atoms with Crippen molar-refractivity contribution >= 4 is 45.8 Å². The van der Waals surface area contributed by atoms with Crippen LogP contribution in [0.25, 0.3) is 0 Å². The maximum absolute atomic E-state index is 12.6. The van der Waals surface area contributed by atoms with Crippen molar-refractivity contribution in [3.8, 4) is 0 Å². The van der Waals surface area contributed by atoms with E-state index in [1.54, 1.807) is 25.3 Å². The standard InChI is InChI=1S/C28H32ClN5O3S/c1-18(33-27(37)20-11-9-19(10-12-20)16-32-28-30-13-14-38-28)26(36)31-17-25(35)34-24-8-3-2-7-23(24)21-5-4-6-22(29)15-21/h4-6,9-15,18,23-24H,2-3,7-8,16-17H2,1H3,(H,30,32)(H,31,36)(H,33,37)(H,34,35)/t18?,23?,24-/m1/s1. The van der Waals surface area contributed by atoms with E-state index in [0.29, 0.717) is 17.1 Å². The van der Waals surface area contributed by atoms with Crippen LogP contribution in [0.5, 0.6) is 0 Å². The number of hydrogen-bond donors (Lipinski definition) is 4. The number of carbonyl (C=O) groups is 3. The highest BCUT2D eigenvalue weighted by molar-refractivity contribution is 7.13. The Labute approximate surface area is 231 Å². The molecule has 1 aliphatic carbocycles. The summed E-state index contributed by atoms with van der Waals surface area (Å²) < 4.78 is 0. The Balaban J connectivity index is 1.22. The lowest BCUT2D eigenvalue weighted by Gasteiger charge is -2.32. The van der Waals surface area contributed by atoms with Gasteiger partial charge in [0.25, 0.3) is 5.91 Å². The van der Waals surface area contributed by atoms with Crippen LogP contribution < -0.4 is 21.3 Å². The van der Waals surface area contributed by atoms with Gasteiger partial charge in [0.1, 0.15) is 6.04 Å². The highest BCUT2D eigenvalue weighted by Gasteiger charge is 2.28. The third-order valence-electron chi connectivity index (χ3n) is 6.65. The van der Waals surface area contributed by atoms with E-state index in [-0.39, 0.29) is 30.3 Å². The number of benzene rings is 2. The van der Waals surface area contributed by atoms with Crippen molar-refractivity contribution in [2.45, 2.75) is 57.2 Å². The molecule has 2 aromatic carbocycles. The highest BCUT2D eigenvalue weighted by atomic mass is 35.5. The lowest BCUT2D eigenvalue weighted by Crippen LogP contribution is -2.49. The number of hydrogen-bond acceptors (Lipinski definition) is 6. The van der Waals surface area contributed by atoms with Gasteiger partial charge in [-0.25, -0.2) is 4.98 Å². The van der Waals surface area contributed by atoms with Crippen molar-refractivity contribution in [2.75, 3.05) is 11.9 Å². The summed E-state index contributed by atoms with van der Waals surface area (Å²) in [5, 5.41) is 15.0. The summed E-state index contributed by atoms with van der Waals surface area (Å²) in [5.41, 5.74) is 2.57. The SMILES string of the molecule is CC(NC(=O)c1ccc(CNc2nccs2)cc1)C(=O)NCC(=O)N[C@@H]1CCCCC1c1cccc(Cl)c1. The van der Waals surface area contributed by atoms with Gasteiger partial charge in [-0.2, -0.15) is 0 Å². The number of nitrogens with one attached hydrogen (secondary N) is 4. The number of amides is 3. The first kappa shape index (κ1) is 27.6. The molecule has 38 heavy (non-hydrogen) atoms. The van der Waals surface area contributed by atoms with Crippen molar-refractivity contribution in [1.82, 2.24) is 20.9 Å². The predicted molar refractivity (Wildman–Crippen MR) is 150 cm³/mol. The van der Waals surface area contributed by atoms with E-state index < -0.39 is 11.9 Å². The Bertz CT molecular complexity index is 1240. The molecule has 3 aromatic rings. The predicted octanol–water partition coefficient (Wildman–Crippen LogP) is 4.49. The van der Waals surface area contributed by atoms with E-state index in [2.05, 4.69) is 26.3 Å². The number of thiazole rings is 1. The molecule has 8 nitrogen and oxygen atoms in total. The fraction of sp³-hybridized carbons (Fsp3) is 0.357. The van der Waals surface area contributed by atoms with Gasteiger partial charge >= 0.3 is 0 Å². The molecule has 0 bridgehead atoms. The van der Waals surface area contributed by atoms with Gasteiger partial charge < -0.3 is 21.3 Å². The zero-order valence-electron chi connectivity index (χ0n) is 21.2. The number of rotatable bonds is 10. The average molecular weight is 554 g/mol. The third kappa shape index (κ3) is 7.79. The first-order chi connectivity index (χ1) is 18.4. The Morgan fingerprint density at radius 1 is 1.11 bits per heavy atom. The van der Waals surface area contributed by atoms with Gasteiger partial charge in [-0.15, -0.1) is 11.3 Å². The first-order valence-electron chi connectivity index (χ1n) is 12.7. The zero-order valence-corrected chi connectivity index (χ0v) is 22.8. The fourth-order valence-electron chi connectivity index (χ4n) is 4.63. The smallest absolute Gasteiger partial charge is 0.251 e. The largest absolute Gasteiger partial charge is 0.357 e. The van der Waals surface area contributed by atoms with Crippen LogP contribution in [0.1, 0.15) is 60.0 Å². The van der Waals surface area contributed by atoms with E-state index >= 15 is 0 Å². The third-order valence-corrected chi connectivity index (χ3v) is 7.61. The number of halogens is 1. The van der Waals surface area contributed by atoms with Gasteiger partial charge in [-0.05, 0) is 55.2 Å². The molecule has 1 heterocycles. The molecule has 4 rings (SSSR count). The van der Waals surface area contributed by atoms with Crippen LogP contribution in [0.3, 0.4) is 0 Å². The van der Waals surface area contributed by atoms with Crippen LogP contribution in [-0.4, -0.2) is 41.3 Å². The van der Waals surface area contributed by atoms with Crippen LogP contribution in [0.2, 0.25) is 5.02 Å². The minimum Gasteiger partial charge on any atom is -0.357 e. The molecule has 3 amide bonds. The summed E-state index contributed by atoms with van der Waals surface area (Å²) in [6, 6.07) is 14.1. The monoisotopic (exact) mass is 553 g/mol. The van der Waals surface area contributed by atoms with E-state index in [1.807, 2.05) is 41.8 Å². The second kappa shape index (κ2) is 13.4. The lowest BCUT2D eigenvalue weighted by molar-refractivity contribution is -0.127. The Morgan fingerprint density at radius 3 is 2.63 bits per heavy atom.